The van der Waals surface area contributed by atoms with E-state index >= 15 is 0 Å². The number of aromatic nitrogens is 2. The molecule has 0 aliphatic heterocycles. The van der Waals surface area contributed by atoms with Crippen LogP contribution in [-0.2, 0) is 0 Å². The van der Waals surface area contributed by atoms with E-state index in [1.807, 2.05) is 20.8 Å². The van der Waals surface area contributed by atoms with E-state index in [2.05, 4.69) is 15.3 Å². The molecule has 0 radical (unpaired) electrons. The molecule has 114 valence electrons. The predicted molar refractivity (Wildman–Crippen MR) is 80.5 cm³/mol. The topological polar surface area (TPSA) is 88.2 Å². The highest BCUT2D eigenvalue weighted by Crippen LogP contribution is 2.29. The number of nitrogens with one attached hydrogen (secondary N) is 1. The number of fused-ring (bicyclic) bond motifs is 1. The number of carbonyl (C=O) groups is 1. The van der Waals surface area contributed by atoms with Crippen LogP contribution >= 0.6 is 0 Å². The lowest BCUT2D eigenvalue weighted by molar-refractivity contribution is 0.0745. The number of rotatable bonds is 4. The maximum Gasteiger partial charge on any atom is 0.232 e. The fraction of sp³-hybridized carbons (Fsp3) is 0.533. The quantitative estimate of drug-likeness (QED) is 0.842. The highest BCUT2D eigenvalue weighted by atomic mass is 16.3. The summed E-state index contributed by atoms with van der Waals surface area (Å²) in [5.74, 6) is 0.934. The van der Waals surface area contributed by atoms with Crippen LogP contribution in [0.5, 0.6) is 0 Å². The number of aryl methyl sites for hydroxylation is 1. The first-order valence-electron chi connectivity index (χ1n) is 6.88. The van der Waals surface area contributed by atoms with Crippen molar-refractivity contribution in [2.45, 2.75) is 40.7 Å². The molecule has 0 aliphatic rings. The van der Waals surface area contributed by atoms with Crippen LogP contribution in [0.1, 0.15) is 43.8 Å². The minimum absolute atomic E-state index is 0.0968. The highest BCUT2D eigenvalue weighted by molar-refractivity contribution is 6.09. The van der Waals surface area contributed by atoms with Gasteiger partial charge in [0.25, 0.3) is 0 Å². The van der Waals surface area contributed by atoms with E-state index in [0.29, 0.717) is 34.8 Å². The van der Waals surface area contributed by atoms with Gasteiger partial charge in [0.15, 0.2) is 5.78 Å². The van der Waals surface area contributed by atoms with Gasteiger partial charge in [-0.15, -0.1) is 0 Å². The van der Waals surface area contributed by atoms with Gasteiger partial charge in [-0.25, -0.2) is 9.97 Å². The average molecular weight is 291 g/mol. The smallest absolute Gasteiger partial charge is 0.232 e. The molecule has 0 aromatic carbocycles. The van der Waals surface area contributed by atoms with Crippen LogP contribution in [0.2, 0.25) is 0 Å². The van der Waals surface area contributed by atoms with Gasteiger partial charge in [-0.05, 0) is 19.3 Å². The SMILES string of the molecule is CC(=O)c1c(C)oc2ncnc(NCC(O)C(C)(C)C)c12. The number of aliphatic hydroxyl groups excluding tert-OH is 1. The van der Waals surface area contributed by atoms with Crippen molar-refractivity contribution in [3.05, 3.63) is 17.7 Å². The third-order valence-corrected chi connectivity index (χ3v) is 3.48. The lowest BCUT2D eigenvalue weighted by atomic mass is 9.89. The molecule has 6 nitrogen and oxygen atoms in total. The second kappa shape index (κ2) is 5.44. The van der Waals surface area contributed by atoms with E-state index in [1.165, 1.54) is 13.3 Å². The number of hydrogen-bond donors (Lipinski definition) is 2. The summed E-state index contributed by atoms with van der Waals surface area (Å²) in [6, 6.07) is 0. The fourth-order valence-corrected chi connectivity index (χ4v) is 2.10. The van der Waals surface area contributed by atoms with E-state index < -0.39 is 6.10 Å². The molecule has 0 spiro atoms. The number of hydrogen-bond acceptors (Lipinski definition) is 6. The third-order valence-electron chi connectivity index (χ3n) is 3.48. The number of furan rings is 1. The molecule has 0 aliphatic carbocycles. The van der Waals surface area contributed by atoms with E-state index in [-0.39, 0.29) is 11.2 Å². The zero-order valence-electron chi connectivity index (χ0n) is 13.0. The number of carbonyl (C=O) groups excluding carboxylic acids is 1. The maximum atomic E-state index is 11.8. The number of ketones is 1. The zero-order chi connectivity index (χ0) is 15.8. The Hall–Kier alpha value is -1.95. The van der Waals surface area contributed by atoms with Crippen LogP contribution in [0.3, 0.4) is 0 Å². The summed E-state index contributed by atoms with van der Waals surface area (Å²) in [4.78, 5) is 20.0. The summed E-state index contributed by atoms with van der Waals surface area (Å²) in [5, 5.41) is 13.8. The van der Waals surface area contributed by atoms with Gasteiger partial charge in [0.1, 0.15) is 17.9 Å². The molecular formula is C15H21N3O3. The lowest BCUT2D eigenvalue weighted by Crippen LogP contribution is -2.33. The molecule has 1 unspecified atom stereocenters. The van der Waals surface area contributed by atoms with Crippen molar-refractivity contribution in [2.75, 3.05) is 11.9 Å². The number of aliphatic hydroxyl groups is 1. The highest BCUT2D eigenvalue weighted by Gasteiger charge is 2.24. The molecule has 2 aromatic rings. The van der Waals surface area contributed by atoms with Gasteiger partial charge in [-0.2, -0.15) is 0 Å². The van der Waals surface area contributed by atoms with Gasteiger partial charge in [-0.1, -0.05) is 20.8 Å². The van der Waals surface area contributed by atoms with Gasteiger partial charge < -0.3 is 14.8 Å². The molecule has 0 saturated heterocycles. The minimum atomic E-state index is -0.545. The first kappa shape index (κ1) is 15.4. The van der Waals surface area contributed by atoms with Crippen LogP contribution in [0.25, 0.3) is 11.1 Å². The molecule has 2 rings (SSSR count). The van der Waals surface area contributed by atoms with Crippen molar-refractivity contribution < 1.29 is 14.3 Å². The van der Waals surface area contributed by atoms with Crippen molar-refractivity contribution >= 4 is 22.7 Å². The Morgan fingerprint density at radius 2 is 2.10 bits per heavy atom. The average Bonchev–Trinajstić information content (AvgIpc) is 2.71. The summed E-state index contributed by atoms with van der Waals surface area (Å²) < 4.78 is 5.50. The van der Waals surface area contributed by atoms with Gasteiger partial charge >= 0.3 is 0 Å². The van der Waals surface area contributed by atoms with Crippen LogP contribution in [0, 0.1) is 12.3 Å². The van der Waals surface area contributed by atoms with E-state index in [0.717, 1.165) is 0 Å². The van der Waals surface area contributed by atoms with Crippen LogP contribution in [-0.4, -0.2) is 33.5 Å². The minimum Gasteiger partial charge on any atom is -0.442 e. The molecular weight excluding hydrogens is 270 g/mol. The van der Waals surface area contributed by atoms with Gasteiger partial charge in [0, 0.05) is 6.54 Å². The van der Waals surface area contributed by atoms with Gasteiger partial charge in [-0.3, -0.25) is 4.79 Å². The van der Waals surface area contributed by atoms with E-state index in [9.17, 15) is 9.90 Å². The predicted octanol–water partition coefficient (Wildman–Crippen LogP) is 2.55. The Morgan fingerprint density at radius 3 is 2.67 bits per heavy atom. The Kier molecular flexibility index (Phi) is 4.00. The first-order chi connectivity index (χ1) is 9.71. The molecule has 0 fully saturated rings. The standard InChI is InChI=1S/C15H21N3O3/c1-8(19)11-9(2)21-14-12(11)13(17-7-18-14)16-6-10(20)15(3,4)5/h7,10,20H,6H2,1-5H3,(H,16,17,18). The van der Waals surface area contributed by atoms with Crippen molar-refractivity contribution in [1.29, 1.82) is 0 Å². The largest absolute Gasteiger partial charge is 0.442 e. The first-order valence-corrected chi connectivity index (χ1v) is 6.88. The summed E-state index contributed by atoms with van der Waals surface area (Å²) in [7, 11) is 0. The number of nitrogens with zero attached hydrogens (tertiary/aromatic N) is 2. The molecule has 2 N–H and O–H groups in total. The lowest BCUT2D eigenvalue weighted by Gasteiger charge is -2.26. The third kappa shape index (κ3) is 3.05. The molecule has 1 atom stereocenters. The second-order valence-corrected chi connectivity index (χ2v) is 6.25. The fourth-order valence-electron chi connectivity index (χ4n) is 2.10. The number of anilines is 1. The van der Waals surface area contributed by atoms with Gasteiger partial charge in [0.2, 0.25) is 5.71 Å². The second-order valence-electron chi connectivity index (χ2n) is 6.25. The van der Waals surface area contributed by atoms with Crippen LogP contribution in [0.15, 0.2) is 10.7 Å². The molecule has 0 amide bonds. The molecule has 21 heavy (non-hydrogen) atoms. The van der Waals surface area contributed by atoms with Crippen molar-refractivity contribution in [3.63, 3.8) is 0 Å². The Bertz CT molecular complexity index is 671. The summed E-state index contributed by atoms with van der Waals surface area (Å²) in [5.41, 5.74) is 0.619. The molecule has 2 aromatic heterocycles. The van der Waals surface area contributed by atoms with Crippen molar-refractivity contribution in [1.82, 2.24) is 9.97 Å². The van der Waals surface area contributed by atoms with E-state index in [4.69, 9.17) is 4.42 Å². The van der Waals surface area contributed by atoms with E-state index in [1.54, 1.807) is 6.92 Å². The summed E-state index contributed by atoms with van der Waals surface area (Å²) in [6.45, 7) is 9.41. The normalized spacial score (nSPS) is 13.4. The molecule has 0 bridgehead atoms. The maximum absolute atomic E-state index is 11.8. The van der Waals surface area contributed by atoms with Crippen molar-refractivity contribution in [2.24, 2.45) is 5.41 Å². The molecule has 0 saturated carbocycles. The van der Waals surface area contributed by atoms with Gasteiger partial charge in [0.05, 0.1) is 17.1 Å². The van der Waals surface area contributed by atoms with Crippen molar-refractivity contribution in [3.8, 4) is 0 Å². The molecule has 6 heteroatoms. The Morgan fingerprint density at radius 1 is 1.43 bits per heavy atom. The van der Waals surface area contributed by atoms with Crippen LogP contribution < -0.4 is 5.32 Å². The van der Waals surface area contributed by atoms with Crippen LogP contribution in [0.4, 0.5) is 5.82 Å². The zero-order valence-corrected chi connectivity index (χ0v) is 13.0. The monoisotopic (exact) mass is 291 g/mol. The molecule has 2 heterocycles. The Balaban J connectivity index is 2.38. The number of Topliss-reactive ketones (excluding diaryl/α,β-unsaturated/α-hetero) is 1. The Labute approximate surface area is 123 Å². The summed E-state index contributed by atoms with van der Waals surface area (Å²) in [6.07, 6.45) is 0.831. The summed E-state index contributed by atoms with van der Waals surface area (Å²) >= 11 is 0.